The number of aryl methyl sites for hydroxylation is 1. The van der Waals surface area contributed by atoms with Crippen LogP contribution in [0.1, 0.15) is 32.4 Å². The summed E-state index contributed by atoms with van der Waals surface area (Å²) in [5.41, 5.74) is 1.06. The summed E-state index contributed by atoms with van der Waals surface area (Å²) in [6.45, 7) is 5.31. The molecule has 0 aliphatic heterocycles. The Kier molecular flexibility index (Phi) is 6.14. The summed E-state index contributed by atoms with van der Waals surface area (Å²) in [6.07, 6.45) is 5.81. The first-order chi connectivity index (χ1) is 8.22. The predicted molar refractivity (Wildman–Crippen MR) is 65.7 cm³/mol. The monoisotopic (exact) mass is 239 g/mol. The molecule has 1 rings (SSSR count). The normalized spacial score (nSPS) is 12.1. The molecule has 17 heavy (non-hydrogen) atoms. The molecule has 1 heterocycles. The van der Waals surface area contributed by atoms with Gasteiger partial charge in [-0.15, -0.1) is 0 Å². The molecule has 1 aromatic heterocycles. The van der Waals surface area contributed by atoms with Crippen LogP contribution in [0.5, 0.6) is 0 Å². The maximum absolute atomic E-state index is 11.3. The minimum Gasteiger partial charge on any atom is -0.450 e. The molecule has 0 saturated carbocycles. The zero-order valence-electron chi connectivity index (χ0n) is 10.5. The van der Waals surface area contributed by atoms with Crippen LogP contribution in [0, 0.1) is 5.92 Å². The second kappa shape index (κ2) is 7.70. The van der Waals surface area contributed by atoms with Crippen molar-refractivity contribution in [2.75, 3.05) is 13.2 Å². The molecule has 0 radical (unpaired) electrons. The SMILES string of the molecule is CC[C@@H](C)CNC(=O)OCCCc1cnc[nH]1. The van der Waals surface area contributed by atoms with E-state index in [9.17, 15) is 4.79 Å². The number of nitrogens with one attached hydrogen (secondary N) is 2. The predicted octanol–water partition coefficient (Wildman–Crippen LogP) is 2.11. The lowest BCUT2D eigenvalue weighted by Gasteiger charge is -2.10. The van der Waals surface area contributed by atoms with Crippen molar-refractivity contribution in [2.24, 2.45) is 5.92 Å². The third-order valence-corrected chi connectivity index (χ3v) is 2.67. The van der Waals surface area contributed by atoms with Gasteiger partial charge in [-0.3, -0.25) is 0 Å². The summed E-state index contributed by atoms with van der Waals surface area (Å²) in [5, 5.41) is 2.75. The summed E-state index contributed by atoms with van der Waals surface area (Å²) >= 11 is 0. The van der Waals surface area contributed by atoms with Gasteiger partial charge >= 0.3 is 6.09 Å². The molecule has 0 bridgehead atoms. The number of H-pyrrole nitrogens is 1. The molecular formula is C12H21N3O2. The largest absolute Gasteiger partial charge is 0.450 e. The molecule has 5 nitrogen and oxygen atoms in total. The second-order valence-corrected chi connectivity index (χ2v) is 4.21. The molecule has 1 amide bonds. The van der Waals surface area contributed by atoms with Gasteiger partial charge in [0.15, 0.2) is 0 Å². The van der Waals surface area contributed by atoms with E-state index in [4.69, 9.17) is 4.74 Å². The molecule has 1 aromatic rings. The highest BCUT2D eigenvalue weighted by Gasteiger charge is 2.04. The molecule has 0 aromatic carbocycles. The highest BCUT2D eigenvalue weighted by molar-refractivity contribution is 5.67. The Morgan fingerprint density at radius 1 is 1.65 bits per heavy atom. The van der Waals surface area contributed by atoms with E-state index in [-0.39, 0.29) is 6.09 Å². The summed E-state index contributed by atoms with van der Waals surface area (Å²) in [6, 6.07) is 0. The zero-order valence-corrected chi connectivity index (χ0v) is 10.5. The van der Waals surface area contributed by atoms with Gasteiger partial charge in [-0.05, 0) is 18.8 Å². The van der Waals surface area contributed by atoms with Gasteiger partial charge in [-0.2, -0.15) is 0 Å². The van der Waals surface area contributed by atoms with E-state index >= 15 is 0 Å². The minimum atomic E-state index is -0.324. The van der Waals surface area contributed by atoms with E-state index in [2.05, 4.69) is 29.1 Å². The molecule has 0 aliphatic carbocycles. The van der Waals surface area contributed by atoms with Crippen molar-refractivity contribution < 1.29 is 9.53 Å². The molecule has 5 heteroatoms. The topological polar surface area (TPSA) is 67.0 Å². The van der Waals surface area contributed by atoms with Crippen molar-refractivity contribution >= 4 is 6.09 Å². The van der Waals surface area contributed by atoms with Crippen LogP contribution in [0.4, 0.5) is 4.79 Å². The standard InChI is InChI=1S/C12H21N3O2/c1-3-10(2)7-14-12(16)17-6-4-5-11-8-13-9-15-11/h8-10H,3-7H2,1-2H3,(H,13,15)(H,14,16)/t10-/m1/s1. The van der Waals surface area contributed by atoms with Crippen LogP contribution in [-0.4, -0.2) is 29.2 Å². The van der Waals surface area contributed by atoms with Gasteiger partial charge in [-0.25, -0.2) is 9.78 Å². The van der Waals surface area contributed by atoms with E-state index in [1.54, 1.807) is 12.5 Å². The number of hydrogen-bond acceptors (Lipinski definition) is 3. The highest BCUT2D eigenvalue weighted by Crippen LogP contribution is 1.99. The van der Waals surface area contributed by atoms with Gasteiger partial charge in [0, 0.05) is 18.4 Å². The first-order valence-electron chi connectivity index (χ1n) is 6.10. The molecule has 0 spiro atoms. The number of amides is 1. The van der Waals surface area contributed by atoms with Crippen LogP contribution < -0.4 is 5.32 Å². The van der Waals surface area contributed by atoms with E-state index in [1.165, 1.54) is 0 Å². The van der Waals surface area contributed by atoms with Gasteiger partial charge in [0.25, 0.3) is 0 Å². The lowest BCUT2D eigenvalue weighted by Crippen LogP contribution is -2.29. The fraction of sp³-hybridized carbons (Fsp3) is 0.667. The zero-order chi connectivity index (χ0) is 12.5. The number of carbonyl (C=O) groups excluding carboxylic acids is 1. The molecule has 0 unspecified atom stereocenters. The lowest BCUT2D eigenvalue weighted by atomic mass is 10.1. The van der Waals surface area contributed by atoms with Gasteiger partial charge in [0.05, 0.1) is 12.9 Å². The number of ether oxygens (including phenoxy) is 1. The number of hydrogen-bond donors (Lipinski definition) is 2. The fourth-order valence-electron chi connectivity index (χ4n) is 1.30. The number of carbonyl (C=O) groups is 1. The molecule has 1 atom stereocenters. The summed E-state index contributed by atoms with van der Waals surface area (Å²) < 4.78 is 5.05. The Bertz CT molecular complexity index is 312. The maximum Gasteiger partial charge on any atom is 0.407 e. The Morgan fingerprint density at radius 2 is 2.47 bits per heavy atom. The van der Waals surface area contributed by atoms with Gasteiger partial charge in [-0.1, -0.05) is 20.3 Å². The lowest BCUT2D eigenvalue weighted by molar-refractivity contribution is 0.143. The molecule has 96 valence electrons. The first-order valence-corrected chi connectivity index (χ1v) is 6.10. The summed E-state index contributed by atoms with van der Waals surface area (Å²) in [7, 11) is 0. The van der Waals surface area contributed by atoms with E-state index in [0.717, 1.165) is 25.0 Å². The Labute approximate surface area is 102 Å². The number of imidazole rings is 1. The number of nitrogens with zero attached hydrogens (tertiary/aromatic N) is 1. The van der Waals surface area contributed by atoms with Gasteiger partial charge < -0.3 is 15.0 Å². The Balaban J connectivity index is 2.00. The summed E-state index contributed by atoms with van der Waals surface area (Å²) in [5.74, 6) is 0.493. The van der Waals surface area contributed by atoms with Crippen LogP contribution in [-0.2, 0) is 11.2 Å². The van der Waals surface area contributed by atoms with Crippen LogP contribution >= 0.6 is 0 Å². The summed E-state index contributed by atoms with van der Waals surface area (Å²) in [4.78, 5) is 18.2. The minimum absolute atomic E-state index is 0.324. The van der Waals surface area contributed by atoms with E-state index in [1.807, 2.05) is 0 Å². The molecule has 0 aliphatic rings. The molecule has 0 saturated heterocycles. The van der Waals surface area contributed by atoms with Crippen molar-refractivity contribution in [3.63, 3.8) is 0 Å². The Hall–Kier alpha value is -1.52. The van der Waals surface area contributed by atoms with Crippen molar-refractivity contribution in [1.82, 2.24) is 15.3 Å². The average Bonchev–Trinajstić information content (AvgIpc) is 2.84. The number of alkyl carbamates (subject to hydrolysis) is 1. The highest BCUT2D eigenvalue weighted by atomic mass is 16.5. The van der Waals surface area contributed by atoms with Crippen molar-refractivity contribution in [1.29, 1.82) is 0 Å². The molecule has 0 fully saturated rings. The second-order valence-electron chi connectivity index (χ2n) is 4.21. The van der Waals surface area contributed by atoms with Crippen molar-refractivity contribution in [3.05, 3.63) is 18.2 Å². The number of aromatic nitrogens is 2. The van der Waals surface area contributed by atoms with E-state index < -0.39 is 0 Å². The van der Waals surface area contributed by atoms with Crippen molar-refractivity contribution in [2.45, 2.75) is 33.1 Å². The molecular weight excluding hydrogens is 218 g/mol. The Morgan fingerprint density at radius 3 is 3.12 bits per heavy atom. The van der Waals surface area contributed by atoms with Crippen LogP contribution in [0.3, 0.4) is 0 Å². The van der Waals surface area contributed by atoms with Crippen LogP contribution in [0.15, 0.2) is 12.5 Å². The maximum atomic E-state index is 11.3. The van der Waals surface area contributed by atoms with Gasteiger partial charge in [0.1, 0.15) is 0 Å². The fourth-order valence-corrected chi connectivity index (χ4v) is 1.30. The quantitative estimate of drug-likeness (QED) is 0.716. The van der Waals surface area contributed by atoms with Crippen LogP contribution in [0.25, 0.3) is 0 Å². The number of rotatable bonds is 7. The van der Waals surface area contributed by atoms with E-state index in [0.29, 0.717) is 19.1 Å². The third-order valence-electron chi connectivity index (χ3n) is 2.67. The molecule has 2 N–H and O–H groups in total. The van der Waals surface area contributed by atoms with Gasteiger partial charge in [0.2, 0.25) is 0 Å². The van der Waals surface area contributed by atoms with Crippen LogP contribution in [0.2, 0.25) is 0 Å². The number of aromatic amines is 1. The smallest absolute Gasteiger partial charge is 0.407 e. The average molecular weight is 239 g/mol. The first kappa shape index (κ1) is 13.5. The third kappa shape index (κ3) is 5.94. The van der Waals surface area contributed by atoms with Crippen molar-refractivity contribution in [3.8, 4) is 0 Å².